The van der Waals surface area contributed by atoms with E-state index in [1.54, 1.807) is 35.3 Å². The largest absolute Gasteiger partial charge is 0.493 e. The van der Waals surface area contributed by atoms with Gasteiger partial charge in [0.1, 0.15) is 6.07 Å². The number of nitriles is 1. The second-order valence-corrected chi connectivity index (χ2v) is 7.15. The van der Waals surface area contributed by atoms with Crippen molar-refractivity contribution in [3.63, 3.8) is 0 Å². The number of nitrogens with zero attached hydrogens (tertiary/aromatic N) is 3. The average Bonchev–Trinajstić information content (AvgIpc) is 3.30. The van der Waals surface area contributed by atoms with Crippen LogP contribution in [0.4, 0.5) is 5.13 Å². The summed E-state index contributed by atoms with van der Waals surface area (Å²) in [5.41, 5.74) is 2.58. The van der Waals surface area contributed by atoms with Gasteiger partial charge in [0.25, 0.3) is 5.91 Å². The molecule has 7 heteroatoms. The Morgan fingerprint density at radius 1 is 1.26 bits per heavy atom. The van der Waals surface area contributed by atoms with Crippen molar-refractivity contribution in [3.8, 4) is 28.8 Å². The molecule has 1 amide bonds. The zero-order valence-corrected chi connectivity index (χ0v) is 17.8. The Balaban J connectivity index is 1.78. The first-order valence-corrected chi connectivity index (χ1v) is 10.3. The fourth-order valence-corrected chi connectivity index (χ4v) is 3.64. The number of ether oxygens (including phenoxy) is 2. The zero-order chi connectivity index (χ0) is 22.1. The number of carbonyl (C=O) groups is 1. The van der Waals surface area contributed by atoms with Gasteiger partial charge in [-0.1, -0.05) is 42.5 Å². The van der Waals surface area contributed by atoms with E-state index in [9.17, 15) is 4.79 Å². The lowest BCUT2D eigenvalue weighted by atomic mass is 10.2. The van der Waals surface area contributed by atoms with Crippen LogP contribution in [0.2, 0.25) is 0 Å². The van der Waals surface area contributed by atoms with Crippen LogP contribution in [0.25, 0.3) is 17.3 Å². The second-order valence-electron chi connectivity index (χ2n) is 6.31. The first kappa shape index (κ1) is 21.8. The van der Waals surface area contributed by atoms with Gasteiger partial charge >= 0.3 is 0 Å². The summed E-state index contributed by atoms with van der Waals surface area (Å²) in [5.74, 6) is 0.745. The van der Waals surface area contributed by atoms with E-state index in [1.807, 2.05) is 41.8 Å². The SMILES string of the molecule is C=CCN(C(=O)/C=C/c1ccc(OCC#N)c(OC)c1)c1nc(-c2ccccc2)cs1. The molecule has 3 rings (SSSR count). The molecule has 2 aromatic carbocycles. The number of carbonyl (C=O) groups excluding carboxylic acids is 1. The van der Waals surface area contributed by atoms with Gasteiger partial charge in [0.15, 0.2) is 23.2 Å². The quantitative estimate of drug-likeness (QED) is 0.354. The number of benzene rings is 2. The smallest absolute Gasteiger partial charge is 0.253 e. The second kappa shape index (κ2) is 10.8. The number of thiazole rings is 1. The van der Waals surface area contributed by atoms with Crippen molar-refractivity contribution in [1.82, 2.24) is 4.98 Å². The van der Waals surface area contributed by atoms with Crippen molar-refractivity contribution >= 4 is 28.5 Å². The maximum atomic E-state index is 12.9. The maximum Gasteiger partial charge on any atom is 0.253 e. The van der Waals surface area contributed by atoms with E-state index in [0.717, 1.165) is 16.8 Å². The molecule has 0 saturated heterocycles. The lowest BCUT2D eigenvalue weighted by Crippen LogP contribution is -2.29. The number of methoxy groups -OCH3 is 1. The summed E-state index contributed by atoms with van der Waals surface area (Å²) in [6, 6.07) is 17.0. The summed E-state index contributed by atoms with van der Waals surface area (Å²) in [4.78, 5) is 19.1. The number of rotatable bonds is 9. The molecule has 0 saturated carbocycles. The molecule has 0 fully saturated rings. The van der Waals surface area contributed by atoms with Gasteiger partial charge in [-0.2, -0.15) is 5.26 Å². The van der Waals surface area contributed by atoms with Crippen LogP contribution < -0.4 is 14.4 Å². The highest BCUT2D eigenvalue weighted by Crippen LogP contribution is 2.29. The number of aromatic nitrogens is 1. The monoisotopic (exact) mass is 431 g/mol. The summed E-state index contributed by atoms with van der Waals surface area (Å²) >= 11 is 1.41. The van der Waals surface area contributed by atoms with Gasteiger partial charge in [0.2, 0.25) is 0 Å². The molecule has 156 valence electrons. The molecular weight excluding hydrogens is 410 g/mol. The van der Waals surface area contributed by atoms with E-state index in [-0.39, 0.29) is 12.5 Å². The Morgan fingerprint density at radius 2 is 2.06 bits per heavy atom. The molecule has 3 aromatic rings. The highest BCUT2D eigenvalue weighted by molar-refractivity contribution is 7.14. The molecule has 1 heterocycles. The fourth-order valence-electron chi connectivity index (χ4n) is 2.80. The predicted molar refractivity (Wildman–Crippen MR) is 123 cm³/mol. The summed E-state index contributed by atoms with van der Waals surface area (Å²) < 4.78 is 10.6. The Bertz CT molecular complexity index is 1120. The Hall–Kier alpha value is -3.89. The molecule has 0 unspecified atom stereocenters. The lowest BCUT2D eigenvalue weighted by Gasteiger charge is -2.15. The molecule has 0 aliphatic heterocycles. The lowest BCUT2D eigenvalue weighted by molar-refractivity contribution is -0.114. The highest BCUT2D eigenvalue weighted by atomic mass is 32.1. The minimum Gasteiger partial charge on any atom is -0.493 e. The minimum atomic E-state index is -0.211. The van der Waals surface area contributed by atoms with Crippen molar-refractivity contribution in [2.75, 3.05) is 25.2 Å². The Morgan fingerprint density at radius 3 is 2.77 bits per heavy atom. The van der Waals surface area contributed by atoms with E-state index < -0.39 is 0 Å². The van der Waals surface area contributed by atoms with Crippen molar-refractivity contribution in [1.29, 1.82) is 5.26 Å². The third kappa shape index (κ3) is 5.59. The number of amides is 1. The first-order chi connectivity index (χ1) is 15.2. The van der Waals surface area contributed by atoms with Crippen LogP contribution in [0.15, 0.2) is 72.6 Å². The van der Waals surface area contributed by atoms with Crippen molar-refractivity contribution in [2.24, 2.45) is 0 Å². The zero-order valence-electron chi connectivity index (χ0n) is 17.0. The third-order valence-corrected chi connectivity index (χ3v) is 5.13. The van der Waals surface area contributed by atoms with E-state index in [1.165, 1.54) is 24.5 Å². The highest BCUT2D eigenvalue weighted by Gasteiger charge is 2.16. The number of hydrogen-bond acceptors (Lipinski definition) is 6. The molecule has 0 radical (unpaired) electrons. The fraction of sp³-hybridized carbons (Fsp3) is 0.125. The van der Waals surface area contributed by atoms with Gasteiger partial charge < -0.3 is 9.47 Å². The van der Waals surface area contributed by atoms with Crippen molar-refractivity contribution < 1.29 is 14.3 Å². The van der Waals surface area contributed by atoms with Crippen molar-refractivity contribution in [2.45, 2.75) is 0 Å². The normalized spacial score (nSPS) is 10.5. The molecule has 1 aromatic heterocycles. The number of hydrogen-bond donors (Lipinski definition) is 0. The predicted octanol–water partition coefficient (Wildman–Crippen LogP) is 4.95. The van der Waals surface area contributed by atoms with Crippen LogP contribution in [-0.4, -0.2) is 31.2 Å². The summed E-state index contributed by atoms with van der Waals surface area (Å²) in [5, 5.41) is 11.2. The van der Waals surface area contributed by atoms with E-state index >= 15 is 0 Å². The van der Waals surface area contributed by atoms with Gasteiger partial charge in [-0.3, -0.25) is 9.69 Å². The molecule has 31 heavy (non-hydrogen) atoms. The Labute approximate surface area is 185 Å². The summed E-state index contributed by atoms with van der Waals surface area (Å²) in [6.07, 6.45) is 4.85. The standard InChI is InChI=1S/C24H21N3O3S/c1-3-14-27(24-26-20(17-31-24)19-7-5-4-6-8-19)23(28)12-10-18-9-11-21(30-15-13-25)22(16-18)29-2/h3-12,16-17H,1,14-15H2,2H3/b12-10+. The number of anilines is 1. The molecule has 0 N–H and O–H groups in total. The van der Waals surface area contributed by atoms with Gasteiger partial charge in [0, 0.05) is 23.6 Å². The van der Waals surface area contributed by atoms with Crippen LogP contribution in [0.5, 0.6) is 11.5 Å². The van der Waals surface area contributed by atoms with Gasteiger partial charge in [-0.05, 0) is 23.8 Å². The van der Waals surface area contributed by atoms with E-state index in [2.05, 4.69) is 11.6 Å². The summed E-state index contributed by atoms with van der Waals surface area (Å²) in [7, 11) is 1.52. The van der Waals surface area contributed by atoms with Crippen molar-refractivity contribution in [3.05, 3.63) is 78.2 Å². The molecule has 0 aliphatic carbocycles. The minimum absolute atomic E-state index is 0.0701. The topological polar surface area (TPSA) is 75.5 Å². The van der Waals surface area contributed by atoms with Gasteiger partial charge in [-0.25, -0.2) is 4.98 Å². The molecule has 6 nitrogen and oxygen atoms in total. The molecule has 0 aliphatic rings. The van der Waals surface area contributed by atoms with Crippen LogP contribution in [-0.2, 0) is 4.79 Å². The molecule has 0 spiro atoms. The van der Waals surface area contributed by atoms with Gasteiger partial charge in [-0.15, -0.1) is 17.9 Å². The molecule has 0 atom stereocenters. The van der Waals surface area contributed by atoms with Crippen LogP contribution in [0, 0.1) is 11.3 Å². The molecular formula is C24H21N3O3S. The van der Waals surface area contributed by atoms with Crippen LogP contribution in [0.3, 0.4) is 0 Å². The average molecular weight is 432 g/mol. The Kier molecular flexibility index (Phi) is 7.57. The molecule has 0 bridgehead atoms. The van der Waals surface area contributed by atoms with E-state index in [4.69, 9.17) is 14.7 Å². The van der Waals surface area contributed by atoms with E-state index in [0.29, 0.717) is 23.2 Å². The summed E-state index contributed by atoms with van der Waals surface area (Å²) in [6.45, 7) is 4.03. The third-order valence-electron chi connectivity index (χ3n) is 4.27. The van der Waals surface area contributed by atoms with Gasteiger partial charge in [0.05, 0.1) is 12.8 Å². The first-order valence-electron chi connectivity index (χ1n) is 9.45. The maximum absolute atomic E-state index is 12.9. The van der Waals surface area contributed by atoms with Crippen LogP contribution in [0.1, 0.15) is 5.56 Å². The van der Waals surface area contributed by atoms with Crippen LogP contribution >= 0.6 is 11.3 Å².